The second kappa shape index (κ2) is 5.92. The Morgan fingerprint density at radius 1 is 1.30 bits per heavy atom. The largest absolute Gasteiger partial charge is 0.397 e. The Hall–Kier alpha value is -2.08. The van der Waals surface area contributed by atoms with Crippen molar-refractivity contribution in [2.45, 2.75) is 19.3 Å². The predicted molar refractivity (Wildman–Crippen MR) is 75.1 cm³/mol. The molecule has 20 heavy (non-hydrogen) atoms. The van der Waals surface area contributed by atoms with E-state index in [1.54, 1.807) is 12.1 Å². The van der Waals surface area contributed by atoms with Gasteiger partial charge in [0.15, 0.2) is 0 Å². The molecule has 1 heterocycles. The van der Waals surface area contributed by atoms with Crippen molar-refractivity contribution >= 4 is 40.7 Å². The number of nitrogens with one attached hydrogen (secondary N) is 1. The number of hydrogen-bond acceptors (Lipinski definition) is 4. The number of hydrogen-bond donors (Lipinski definition) is 2. The average Bonchev–Trinajstić information content (AvgIpc) is 2.38. The second-order valence-corrected chi connectivity index (χ2v) is 4.92. The van der Waals surface area contributed by atoms with Gasteiger partial charge in [-0.3, -0.25) is 19.3 Å². The maximum atomic E-state index is 11.8. The lowest BCUT2D eigenvalue weighted by molar-refractivity contribution is -0.150. The van der Waals surface area contributed by atoms with Crippen LogP contribution in [-0.4, -0.2) is 29.2 Å². The molecule has 0 aliphatic carbocycles. The highest BCUT2D eigenvalue weighted by atomic mass is 35.5. The van der Waals surface area contributed by atoms with Crippen molar-refractivity contribution in [1.82, 2.24) is 4.90 Å². The van der Waals surface area contributed by atoms with E-state index in [-0.39, 0.29) is 18.4 Å². The minimum Gasteiger partial charge on any atom is -0.397 e. The second-order valence-electron chi connectivity index (χ2n) is 4.51. The van der Waals surface area contributed by atoms with Crippen LogP contribution in [0, 0.1) is 0 Å². The molecule has 1 aliphatic heterocycles. The molecule has 0 aromatic heterocycles. The topological polar surface area (TPSA) is 92.5 Å². The fraction of sp³-hybridized carbons (Fsp3) is 0.308. The predicted octanol–water partition coefficient (Wildman–Crippen LogP) is 1.40. The van der Waals surface area contributed by atoms with Crippen molar-refractivity contribution in [2.75, 3.05) is 17.6 Å². The third-order valence-electron chi connectivity index (χ3n) is 2.96. The number of carbonyl (C=O) groups is 3. The number of benzene rings is 1. The summed E-state index contributed by atoms with van der Waals surface area (Å²) in [5.41, 5.74) is 6.43. The van der Waals surface area contributed by atoms with E-state index < -0.39 is 5.91 Å². The SMILES string of the molecule is Nc1cc(NC(=O)CN2C(=O)CCCC2=O)ccc1Cl. The van der Waals surface area contributed by atoms with Crippen LogP contribution in [0.1, 0.15) is 19.3 Å². The molecule has 3 N–H and O–H groups in total. The number of piperidine rings is 1. The van der Waals surface area contributed by atoms with Gasteiger partial charge in [0.2, 0.25) is 17.7 Å². The Morgan fingerprint density at radius 3 is 2.55 bits per heavy atom. The van der Waals surface area contributed by atoms with Gasteiger partial charge in [0.05, 0.1) is 10.7 Å². The van der Waals surface area contributed by atoms with Crippen LogP contribution in [0.15, 0.2) is 18.2 Å². The molecule has 1 aromatic rings. The Labute approximate surface area is 120 Å². The van der Waals surface area contributed by atoms with Crippen molar-refractivity contribution in [2.24, 2.45) is 0 Å². The van der Waals surface area contributed by atoms with Crippen LogP contribution < -0.4 is 11.1 Å². The third-order valence-corrected chi connectivity index (χ3v) is 3.31. The van der Waals surface area contributed by atoms with Gasteiger partial charge < -0.3 is 11.1 Å². The Bertz CT molecular complexity index is 558. The molecule has 1 fully saturated rings. The maximum Gasteiger partial charge on any atom is 0.244 e. The number of anilines is 2. The van der Waals surface area contributed by atoms with Crippen molar-refractivity contribution < 1.29 is 14.4 Å². The molecule has 106 valence electrons. The molecule has 0 saturated carbocycles. The monoisotopic (exact) mass is 295 g/mol. The van der Waals surface area contributed by atoms with Crippen LogP contribution in [0.2, 0.25) is 5.02 Å². The molecule has 3 amide bonds. The summed E-state index contributed by atoms with van der Waals surface area (Å²) in [6.45, 7) is -0.278. The number of nitrogens with two attached hydrogens (primary N) is 1. The molecule has 0 spiro atoms. The molecule has 0 atom stereocenters. The average molecular weight is 296 g/mol. The molecule has 1 saturated heterocycles. The van der Waals surface area contributed by atoms with Crippen molar-refractivity contribution in [1.29, 1.82) is 0 Å². The molecular formula is C13H14ClN3O3. The van der Waals surface area contributed by atoms with E-state index in [9.17, 15) is 14.4 Å². The van der Waals surface area contributed by atoms with Crippen LogP contribution in [0.5, 0.6) is 0 Å². The fourth-order valence-electron chi connectivity index (χ4n) is 1.94. The maximum absolute atomic E-state index is 11.8. The molecular weight excluding hydrogens is 282 g/mol. The summed E-state index contributed by atoms with van der Waals surface area (Å²) < 4.78 is 0. The number of imide groups is 1. The lowest BCUT2D eigenvalue weighted by Crippen LogP contribution is -2.44. The Kier molecular flexibility index (Phi) is 4.24. The van der Waals surface area contributed by atoms with Gasteiger partial charge in [0, 0.05) is 18.5 Å². The number of carbonyl (C=O) groups excluding carboxylic acids is 3. The van der Waals surface area contributed by atoms with Gasteiger partial charge in [-0.25, -0.2) is 0 Å². The van der Waals surface area contributed by atoms with Crippen LogP contribution in [0.3, 0.4) is 0 Å². The van der Waals surface area contributed by atoms with Crippen molar-refractivity contribution in [3.63, 3.8) is 0 Å². The third kappa shape index (κ3) is 3.27. The summed E-state index contributed by atoms with van der Waals surface area (Å²) in [6, 6.07) is 4.67. The molecule has 1 aliphatic rings. The molecule has 2 rings (SSSR count). The number of amides is 3. The summed E-state index contributed by atoms with van der Waals surface area (Å²) in [7, 11) is 0. The van der Waals surface area contributed by atoms with E-state index >= 15 is 0 Å². The zero-order valence-corrected chi connectivity index (χ0v) is 11.4. The summed E-state index contributed by atoms with van der Waals surface area (Å²) in [5, 5.41) is 2.97. The zero-order valence-electron chi connectivity index (χ0n) is 10.7. The van der Waals surface area contributed by atoms with E-state index in [1.165, 1.54) is 6.07 Å². The highest BCUT2D eigenvalue weighted by molar-refractivity contribution is 6.33. The standard InChI is InChI=1S/C13H14ClN3O3/c14-9-5-4-8(6-10(9)15)16-11(18)7-17-12(19)2-1-3-13(17)20/h4-6H,1-3,7,15H2,(H,16,18). The normalized spacial score (nSPS) is 15.3. The van der Waals surface area contributed by atoms with Crippen LogP contribution >= 0.6 is 11.6 Å². The lowest BCUT2D eigenvalue weighted by Gasteiger charge is -2.24. The Balaban J connectivity index is 1.99. The van der Waals surface area contributed by atoms with Gasteiger partial charge in [-0.1, -0.05) is 11.6 Å². The number of nitrogens with zero attached hydrogens (tertiary/aromatic N) is 1. The minimum absolute atomic E-state index is 0.278. The number of nitrogen functional groups attached to an aromatic ring is 1. The van der Waals surface area contributed by atoms with E-state index in [1.807, 2.05) is 0 Å². The highest BCUT2D eigenvalue weighted by Crippen LogP contribution is 2.22. The first-order valence-corrected chi connectivity index (χ1v) is 6.53. The zero-order chi connectivity index (χ0) is 14.7. The van der Waals surface area contributed by atoms with Gasteiger partial charge in [-0.05, 0) is 24.6 Å². The number of halogens is 1. The lowest BCUT2D eigenvalue weighted by atomic mass is 10.1. The number of rotatable bonds is 3. The quantitative estimate of drug-likeness (QED) is 0.651. The van der Waals surface area contributed by atoms with Gasteiger partial charge in [-0.2, -0.15) is 0 Å². The highest BCUT2D eigenvalue weighted by Gasteiger charge is 2.27. The first-order valence-electron chi connectivity index (χ1n) is 6.15. The van der Waals surface area contributed by atoms with Crippen LogP contribution in [-0.2, 0) is 14.4 Å². The van der Waals surface area contributed by atoms with Crippen molar-refractivity contribution in [3.05, 3.63) is 23.2 Å². The van der Waals surface area contributed by atoms with Crippen molar-refractivity contribution in [3.8, 4) is 0 Å². The summed E-state index contributed by atoms with van der Waals surface area (Å²) in [5.74, 6) is -1.07. The van der Waals surface area contributed by atoms with Crippen LogP contribution in [0.4, 0.5) is 11.4 Å². The van der Waals surface area contributed by atoms with Gasteiger partial charge in [0.1, 0.15) is 6.54 Å². The van der Waals surface area contributed by atoms with E-state index in [4.69, 9.17) is 17.3 Å². The molecule has 0 radical (unpaired) electrons. The molecule has 0 bridgehead atoms. The summed E-state index contributed by atoms with van der Waals surface area (Å²) >= 11 is 5.78. The first kappa shape index (κ1) is 14.3. The van der Waals surface area contributed by atoms with Gasteiger partial charge in [0.25, 0.3) is 0 Å². The fourth-order valence-corrected chi connectivity index (χ4v) is 2.06. The summed E-state index contributed by atoms with van der Waals surface area (Å²) in [4.78, 5) is 36.0. The van der Waals surface area contributed by atoms with Gasteiger partial charge >= 0.3 is 0 Å². The Morgan fingerprint density at radius 2 is 1.95 bits per heavy atom. The van der Waals surface area contributed by atoms with E-state index in [2.05, 4.69) is 5.32 Å². The minimum atomic E-state index is -0.449. The molecule has 0 unspecified atom stereocenters. The van der Waals surface area contributed by atoms with E-state index in [0.717, 1.165) is 4.90 Å². The summed E-state index contributed by atoms with van der Waals surface area (Å²) in [6.07, 6.45) is 1.14. The first-order chi connectivity index (χ1) is 9.47. The number of likely N-dealkylation sites (tertiary alicyclic amines) is 1. The smallest absolute Gasteiger partial charge is 0.244 e. The van der Waals surface area contributed by atoms with Gasteiger partial charge in [-0.15, -0.1) is 0 Å². The molecule has 6 nitrogen and oxygen atoms in total. The van der Waals surface area contributed by atoms with Crippen LogP contribution in [0.25, 0.3) is 0 Å². The molecule has 7 heteroatoms. The molecule has 1 aromatic carbocycles. The van der Waals surface area contributed by atoms with E-state index in [0.29, 0.717) is 35.7 Å².